The van der Waals surface area contributed by atoms with E-state index in [0.29, 0.717) is 23.1 Å². The van der Waals surface area contributed by atoms with Crippen LogP contribution in [0.3, 0.4) is 0 Å². The number of esters is 1. The zero-order valence-corrected chi connectivity index (χ0v) is 16.2. The zero-order valence-electron chi connectivity index (χ0n) is 16.2. The number of ether oxygens (including phenoxy) is 1. The normalized spacial score (nSPS) is 34.5. The van der Waals surface area contributed by atoms with Gasteiger partial charge in [-0.1, -0.05) is 12.2 Å². The number of anilines is 1. The Balaban J connectivity index is 1.31. The van der Waals surface area contributed by atoms with Crippen LogP contribution in [-0.4, -0.2) is 41.7 Å². The molecule has 150 valence electrons. The average Bonchev–Trinajstić information content (AvgIpc) is 3.51. The predicted molar refractivity (Wildman–Crippen MR) is 102 cm³/mol. The van der Waals surface area contributed by atoms with Crippen molar-refractivity contribution in [3.05, 3.63) is 42.0 Å². The molecule has 3 amide bonds. The second-order valence-electron chi connectivity index (χ2n) is 8.44. The second kappa shape index (κ2) is 6.27. The number of rotatable bonds is 4. The van der Waals surface area contributed by atoms with Crippen molar-refractivity contribution in [2.24, 2.45) is 35.5 Å². The van der Waals surface area contributed by atoms with E-state index in [0.717, 1.165) is 6.42 Å². The Morgan fingerprint density at radius 3 is 2.10 bits per heavy atom. The highest BCUT2D eigenvalue weighted by Crippen LogP contribution is 2.65. The number of amides is 3. The van der Waals surface area contributed by atoms with Gasteiger partial charge in [0, 0.05) is 5.69 Å². The maximum atomic E-state index is 13.1. The molecule has 0 aromatic heterocycles. The average molecular weight is 394 g/mol. The molecule has 1 aliphatic heterocycles. The Kier molecular flexibility index (Phi) is 3.91. The molecule has 1 aromatic carbocycles. The molecule has 4 aliphatic carbocycles. The van der Waals surface area contributed by atoms with Gasteiger partial charge in [-0.2, -0.15) is 0 Å². The lowest BCUT2D eigenvalue weighted by molar-refractivity contribution is -0.146. The highest BCUT2D eigenvalue weighted by molar-refractivity contribution is 6.10. The third kappa shape index (κ3) is 2.56. The van der Waals surface area contributed by atoms with Crippen molar-refractivity contribution in [2.75, 3.05) is 12.4 Å². The summed E-state index contributed by atoms with van der Waals surface area (Å²) in [4.78, 5) is 51.6. The Bertz CT molecular complexity index is 916. The summed E-state index contributed by atoms with van der Waals surface area (Å²) in [5.74, 6) is -0.612. The first-order valence-corrected chi connectivity index (χ1v) is 9.97. The van der Waals surface area contributed by atoms with E-state index in [1.807, 2.05) is 0 Å². The minimum absolute atomic E-state index is 0.137. The van der Waals surface area contributed by atoms with E-state index in [1.165, 1.54) is 12.0 Å². The standard InChI is InChI=1S/C22H22N2O5/c1-10(19(25)23-12-5-3-11(4-6-12)22(28)29-2)24-20(26)17-13-7-8-14(16-9-15(13)16)18(17)21(24)27/h3-8,10,13-18H,9H2,1-2H3,(H,23,25)/t10-,13-,14-,15-,16-,17-,18+/m0/s1. The van der Waals surface area contributed by atoms with Gasteiger partial charge in [-0.3, -0.25) is 19.3 Å². The number of carbonyl (C=O) groups excluding carboxylic acids is 4. The molecule has 7 atom stereocenters. The maximum absolute atomic E-state index is 13.1. The van der Waals surface area contributed by atoms with Gasteiger partial charge in [-0.15, -0.1) is 0 Å². The summed E-state index contributed by atoms with van der Waals surface area (Å²) in [5, 5.41) is 2.73. The van der Waals surface area contributed by atoms with Gasteiger partial charge in [0.25, 0.3) is 0 Å². The van der Waals surface area contributed by atoms with Crippen molar-refractivity contribution in [1.29, 1.82) is 0 Å². The summed E-state index contributed by atoms with van der Waals surface area (Å²) >= 11 is 0. The highest BCUT2D eigenvalue weighted by atomic mass is 16.5. The first-order valence-electron chi connectivity index (χ1n) is 9.97. The van der Waals surface area contributed by atoms with E-state index >= 15 is 0 Å². The molecular weight excluding hydrogens is 372 g/mol. The van der Waals surface area contributed by atoms with Crippen LogP contribution in [0, 0.1) is 35.5 Å². The lowest BCUT2D eigenvalue weighted by Crippen LogP contribution is -2.46. The largest absolute Gasteiger partial charge is 0.465 e. The fourth-order valence-electron chi connectivity index (χ4n) is 5.53. The van der Waals surface area contributed by atoms with Crippen molar-refractivity contribution in [3.8, 4) is 0 Å². The van der Waals surface area contributed by atoms with E-state index in [1.54, 1.807) is 31.2 Å². The van der Waals surface area contributed by atoms with E-state index < -0.39 is 17.9 Å². The summed E-state index contributed by atoms with van der Waals surface area (Å²) in [7, 11) is 1.30. The number of allylic oxidation sites excluding steroid dienone is 2. The van der Waals surface area contributed by atoms with Crippen molar-refractivity contribution in [3.63, 3.8) is 0 Å². The fraction of sp³-hybridized carbons (Fsp3) is 0.455. The Hall–Kier alpha value is -2.96. The van der Waals surface area contributed by atoms with Crippen molar-refractivity contribution in [2.45, 2.75) is 19.4 Å². The molecule has 1 saturated heterocycles. The van der Waals surface area contributed by atoms with Gasteiger partial charge in [0.1, 0.15) is 6.04 Å². The van der Waals surface area contributed by atoms with Gasteiger partial charge in [-0.25, -0.2) is 4.79 Å². The highest BCUT2D eigenvalue weighted by Gasteiger charge is 2.67. The van der Waals surface area contributed by atoms with Crippen LogP contribution in [0.15, 0.2) is 36.4 Å². The minimum atomic E-state index is -0.892. The molecule has 7 nitrogen and oxygen atoms in total. The van der Waals surface area contributed by atoms with Crippen molar-refractivity contribution < 1.29 is 23.9 Å². The number of nitrogens with zero attached hydrogens (tertiary/aromatic N) is 1. The first-order chi connectivity index (χ1) is 13.9. The number of carbonyl (C=O) groups is 4. The molecule has 7 heteroatoms. The van der Waals surface area contributed by atoms with Crippen LogP contribution in [0.1, 0.15) is 23.7 Å². The van der Waals surface area contributed by atoms with Gasteiger partial charge in [0.2, 0.25) is 17.7 Å². The smallest absolute Gasteiger partial charge is 0.337 e. The third-order valence-corrected chi connectivity index (χ3v) is 7.04. The molecule has 5 aliphatic rings. The predicted octanol–water partition coefficient (Wildman–Crippen LogP) is 1.85. The van der Waals surface area contributed by atoms with E-state index in [4.69, 9.17) is 0 Å². The number of nitrogens with one attached hydrogen (secondary N) is 1. The molecule has 1 heterocycles. The molecule has 29 heavy (non-hydrogen) atoms. The van der Waals surface area contributed by atoms with Crippen LogP contribution in [0.2, 0.25) is 0 Å². The lowest BCUT2D eigenvalue weighted by Gasteiger charge is -2.37. The first kappa shape index (κ1) is 18.1. The summed E-state index contributed by atoms with van der Waals surface area (Å²) in [5.41, 5.74) is 0.850. The van der Waals surface area contributed by atoms with Crippen molar-refractivity contribution in [1.82, 2.24) is 4.90 Å². The maximum Gasteiger partial charge on any atom is 0.337 e. The summed E-state index contributed by atoms with van der Waals surface area (Å²) < 4.78 is 4.65. The second-order valence-corrected chi connectivity index (χ2v) is 8.44. The van der Waals surface area contributed by atoms with Gasteiger partial charge in [0.15, 0.2) is 0 Å². The van der Waals surface area contributed by atoms with Gasteiger partial charge < -0.3 is 10.1 Å². The van der Waals surface area contributed by atoms with Gasteiger partial charge >= 0.3 is 5.97 Å². The van der Waals surface area contributed by atoms with Crippen LogP contribution in [0.25, 0.3) is 0 Å². The molecule has 0 radical (unpaired) electrons. The number of hydrogen-bond acceptors (Lipinski definition) is 5. The van der Waals surface area contributed by atoms with E-state index in [2.05, 4.69) is 22.2 Å². The molecule has 2 saturated carbocycles. The number of likely N-dealkylation sites (tertiary alicyclic amines) is 1. The summed E-state index contributed by atoms with van der Waals surface area (Å²) in [6.07, 6.45) is 5.33. The topological polar surface area (TPSA) is 92.8 Å². The third-order valence-electron chi connectivity index (χ3n) is 7.04. The number of hydrogen-bond donors (Lipinski definition) is 1. The lowest BCUT2D eigenvalue weighted by atomic mass is 9.63. The van der Waals surface area contributed by atoms with Gasteiger partial charge in [0.05, 0.1) is 24.5 Å². The summed E-state index contributed by atoms with van der Waals surface area (Å²) in [6.45, 7) is 1.58. The molecule has 0 spiro atoms. The van der Waals surface area contributed by atoms with E-state index in [9.17, 15) is 19.2 Å². The Morgan fingerprint density at radius 1 is 1.03 bits per heavy atom. The molecule has 6 rings (SSSR count). The SMILES string of the molecule is COC(=O)c1ccc(NC(=O)[C@H](C)N2C(=O)[C@@H]3[C@H]4C=C[C@@H]([C@@H]5C[C@@H]45)[C@@H]3C2=O)cc1. The Morgan fingerprint density at radius 2 is 1.59 bits per heavy atom. The molecular formula is C22H22N2O5. The molecule has 2 bridgehead atoms. The molecule has 1 N–H and O–H groups in total. The molecule has 1 aromatic rings. The van der Waals surface area contributed by atoms with Crippen molar-refractivity contribution >= 4 is 29.4 Å². The number of methoxy groups -OCH3 is 1. The summed E-state index contributed by atoms with van der Waals surface area (Å²) in [6, 6.07) is 5.37. The van der Waals surface area contributed by atoms with Crippen LogP contribution >= 0.6 is 0 Å². The van der Waals surface area contributed by atoms with Crippen LogP contribution in [0.4, 0.5) is 5.69 Å². The van der Waals surface area contributed by atoms with Crippen LogP contribution in [-0.2, 0) is 19.1 Å². The molecule has 3 fully saturated rings. The number of imide groups is 1. The fourth-order valence-corrected chi connectivity index (χ4v) is 5.53. The van der Waals surface area contributed by atoms with Crippen LogP contribution in [0.5, 0.6) is 0 Å². The van der Waals surface area contributed by atoms with E-state index in [-0.39, 0.29) is 35.5 Å². The number of benzene rings is 1. The quantitative estimate of drug-likeness (QED) is 0.478. The van der Waals surface area contributed by atoms with Crippen LogP contribution < -0.4 is 5.32 Å². The molecule has 0 unspecified atom stereocenters. The van der Waals surface area contributed by atoms with Gasteiger partial charge in [-0.05, 0) is 61.3 Å². The monoisotopic (exact) mass is 394 g/mol. The Labute approximate surface area is 168 Å². The minimum Gasteiger partial charge on any atom is -0.465 e. The zero-order chi connectivity index (χ0) is 20.4.